The Kier molecular flexibility index (Phi) is 8.53. The third-order valence-electron chi connectivity index (χ3n) is 4.00. The van der Waals surface area contributed by atoms with E-state index in [1.165, 1.54) is 30.5 Å². The third kappa shape index (κ3) is 6.40. The van der Waals surface area contributed by atoms with Gasteiger partial charge in [0.25, 0.3) is 11.8 Å². The van der Waals surface area contributed by atoms with Crippen LogP contribution in [0.2, 0.25) is 0 Å². The molecule has 1 aromatic carbocycles. The Morgan fingerprint density at radius 1 is 1.00 bits per heavy atom. The monoisotopic (exact) mass is 418 g/mol. The third-order valence-corrected chi connectivity index (χ3v) is 4.00. The van der Waals surface area contributed by atoms with E-state index in [4.69, 9.17) is 5.11 Å². The molecule has 11 heteroatoms. The molecule has 2 amide bonds. The van der Waals surface area contributed by atoms with Crippen molar-refractivity contribution in [1.82, 2.24) is 10.4 Å². The molecule has 1 aromatic heterocycles. The minimum absolute atomic E-state index is 0.206. The lowest BCUT2D eigenvalue weighted by Crippen LogP contribution is -2.46. The van der Waals surface area contributed by atoms with Crippen LogP contribution in [0, 0.1) is 0 Å². The summed E-state index contributed by atoms with van der Waals surface area (Å²) in [6.07, 6.45) is -3.24. The molecule has 7 N–H and O–H groups in total. The van der Waals surface area contributed by atoms with Crippen LogP contribution in [0.15, 0.2) is 53.9 Å². The Hall–Kier alpha value is -3.22. The maximum absolute atomic E-state index is 12.1. The number of carbonyl (C=O) groups excluding carboxylic acids is 2. The molecule has 2 rings (SSSR count). The van der Waals surface area contributed by atoms with Crippen molar-refractivity contribution in [2.45, 2.75) is 24.4 Å². The second-order valence-electron chi connectivity index (χ2n) is 6.21. The van der Waals surface area contributed by atoms with Crippen LogP contribution < -0.4 is 10.7 Å². The van der Waals surface area contributed by atoms with Gasteiger partial charge in [0.15, 0.2) is 0 Å². The highest BCUT2D eigenvalue weighted by Crippen LogP contribution is 2.11. The van der Waals surface area contributed by atoms with E-state index in [2.05, 4.69) is 20.8 Å². The van der Waals surface area contributed by atoms with Gasteiger partial charge in [0.05, 0.1) is 18.4 Å². The number of nitrogens with one attached hydrogen (secondary N) is 2. The maximum Gasteiger partial charge on any atom is 0.271 e. The van der Waals surface area contributed by atoms with Crippen LogP contribution in [0.4, 0.5) is 5.69 Å². The number of benzene rings is 1. The molecule has 0 fully saturated rings. The number of anilines is 1. The molecule has 0 bridgehead atoms. The van der Waals surface area contributed by atoms with Crippen LogP contribution in [-0.4, -0.2) is 79.6 Å². The van der Waals surface area contributed by atoms with Crippen molar-refractivity contribution in [3.63, 3.8) is 0 Å². The molecule has 2 aromatic rings. The van der Waals surface area contributed by atoms with Crippen molar-refractivity contribution < 1.29 is 35.1 Å². The highest BCUT2D eigenvalue weighted by atomic mass is 16.4. The van der Waals surface area contributed by atoms with E-state index in [1.54, 1.807) is 18.3 Å². The molecule has 160 valence electrons. The van der Waals surface area contributed by atoms with Gasteiger partial charge >= 0.3 is 0 Å². The fraction of sp³-hybridized carbons (Fsp3) is 0.263. The topological polar surface area (TPSA) is 185 Å². The Bertz CT molecular complexity index is 861. The molecular weight excluding hydrogens is 396 g/mol. The van der Waals surface area contributed by atoms with E-state index >= 15 is 0 Å². The number of hydrazone groups is 1. The van der Waals surface area contributed by atoms with Crippen molar-refractivity contribution in [2.75, 3.05) is 11.9 Å². The van der Waals surface area contributed by atoms with Crippen molar-refractivity contribution in [2.24, 2.45) is 5.10 Å². The van der Waals surface area contributed by atoms with E-state index in [1.807, 2.05) is 0 Å². The minimum Gasteiger partial charge on any atom is -0.394 e. The smallest absolute Gasteiger partial charge is 0.271 e. The summed E-state index contributed by atoms with van der Waals surface area (Å²) < 4.78 is 0. The number of rotatable bonds is 9. The zero-order chi connectivity index (χ0) is 22.1. The summed E-state index contributed by atoms with van der Waals surface area (Å²) in [6, 6.07) is 9.15. The van der Waals surface area contributed by atoms with Gasteiger partial charge in [-0.25, -0.2) is 5.43 Å². The van der Waals surface area contributed by atoms with Gasteiger partial charge in [-0.15, -0.1) is 0 Å². The summed E-state index contributed by atoms with van der Waals surface area (Å²) in [5.41, 5.74) is 3.17. The van der Waals surface area contributed by atoms with Crippen LogP contribution in [0.3, 0.4) is 0 Å². The fourth-order valence-electron chi connectivity index (χ4n) is 2.27. The average Bonchev–Trinajstić information content (AvgIpc) is 2.78. The van der Waals surface area contributed by atoms with E-state index < -0.39 is 36.9 Å². The highest BCUT2D eigenvalue weighted by molar-refractivity contribution is 6.04. The predicted octanol–water partition coefficient (Wildman–Crippen LogP) is -1.51. The van der Waals surface area contributed by atoms with Crippen molar-refractivity contribution in [3.8, 4) is 0 Å². The first-order valence-corrected chi connectivity index (χ1v) is 8.81. The van der Waals surface area contributed by atoms with Gasteiger partial charge in [0.2, 0.25) is 0 Å². The molecule has 0 aliphatic carbocycles. The van der Waals surface area contributed by atoms with E-state index in [0.717, 1.165) is 6.21 Å². The first kappa shape index (κ1) is 23.1. The van der Waals surface area contributed by atoms with Gasteiger partial charge in [-0.1, -0.05) is 0 Å². The lowest BCUT2D eigenvalue weighted by Gasteiger charge is -2.23. The summed E-state index contributed by atoms with van der Waals surface area (Å²) in [5, 5.41) is 52.9. The summed E-state index contributed by atoms with van der Waals surface area (Å²) in [5.74, 6) is -0.986. The number of aliphatic hydroxyl groups excluding tert-OH is 5. The van der Waals surface area contributed by atoms with Crippen LogP contribution in [-0.2, 0) is 0 Å². The number of amides is 2. The molecular formula is C19H22N4O7. The Morgan fingerprint density at radius 2 is 1.70 bits per heavy atom. The van der Waals surface area contributed by atoms with Crippen LogP contribution in [0.5, 0.6) is 0 Å². The lowest BCUT2D eigenvalue weighted by molar-refractivity contribution is -0.0999. The molecule has 4 atom stereocenters. The molecule has 30 heavy (non-hydrogen) atoms. The molecule has 1 heterocycles. The zero-order valence-corrected chi connectivity index (χ0v) is 15.7. The predicted molar refractivity (Wildman–Crippen MR) is 106 cm³/mol. The van der Waals surface area contributed by atoms with Crippen molar-refractivity contribution in [3.05, 3.63) is 59.9 Å². The number of hydrogen-bond donors (Lipinski definition) is 7. The second-order valence-corrected chi connectivity index (χ2v) is 6.21. The number of aromatic nitrogens is 1. The normalized spacial score (nSPS) is 15.2. The summed E-state index contributed by atoms with van der Waals surface area (Å²) in [7, 11) is 0. The minimum atomic E-state index is -1.82. The maximum atomic E-state index is 12.1. The van der Waals surface area contributed by atoms with Crippen LogP contribution in [0.25, 0.3) is 0 Å². The van der Waals surface area contributed by atoms with Gasteiger partial charge in [0, 0.05) is 23.6 Å². The number of aliphatic hydroxyl groups is 5. The van der Waals surface area contributed by atoms with E-state index in [-0.39, 0.29) is 11.5 Å². The van der Waals surface area contributed by atoms with Gasteiger partial charge in [-0.2, -0.15) is 5.10 Å². The summed E-state index contributed by atoms with van der Waals surface area (Å²) in [6.45, 7) is -0.808. The van der Waals surface area contributed by atoms with E-state index in [9.17, 15) is 30.0 Å². The number of nitrogens with zero attached hydrogens (tertiary/aromatic N) is 2. The van der Waals surface area contributed by atoms with Gasteiger partial charge in [-0.3, -0.25) is 14.6 Å². The SMILES string of the molecule is O=C(N/N=C/[C@H](O)[C@@H](O)[C@@H](O)[C@H](O)CO)c1ccc(NC(=O)c2cccnc2)cc1. The molecule has 0 spiro atoms. The molecule has 0 saturated carbocycles. The average molecular weight is 418 g/mol. The fourth-order valence-corrected chi connectivity index (χ4v) is 2.27. The van der Waals surface area contributed by atoms with Crippen molar-refractivity contribution in [1.29, 1.82) is 0 Å². The quantitative estimate of drug-likeness (QED) is 0.189. The largest absolute Gasteiger partial charge is 0.394 e. The van der Waals surface area contributed by atoms with Gasteiger partial charge < -0.3 is 30.8 Å². The molecule has 0 unspecified atom stereocenters. The number of carbonyl (C=O) groups is 2. The second kappa shape index (κ2) is 11.1. The highest BCUT2D eigenvalue weighted by Gasteiger charge is 2.29. The number of hydrogen-bond acceptors (Lipinski definition) is 9. The summed E-state index contributed by atoms with van der Waals surface area (Å²) in [4.78, 5) is 28.0. The molecule has 0 radical (unpaired) electrons. The molecule has 0 saturated heterocycles. The first-order chi connectivity index (χ1) is 14.3. The Labute approximate surface area is 171 Å². The van der Waals surface area contributed by atoms with Crippen LogP contribution >= 0.6 is 0 Å². The standard InChI is InChI=1S/C19H22N4O7/c24-10-15(26)17(28)16(27)14(25)9-21-23-19(30)11-3-5-13(6-4-11)22-18(29)12-2-1-7-20-8-12/h1-9,14-17,24-28H,10H2,(H,22,29)(H,23,30)/b21-9+/t14-,15+,16+,17-/m0/s1. The van der Waals surface area contributed by atoms with Crippen LogP contribution in [0.1, 0.15) is 20.7 Å². The van der Waals surface area contributed by atoms with Gasteiger partial charge in [-0.05, 0) is 36.4 Å². The summed E-state index contributed by atoms with van der Waals surface area (Å²) >= 11 is 0. The lowest BCUT2D eigenvalue weighted by atomic mass is 10.0. The molecule has 0 aliphatic heterocycles. The number of pyridine rings is 1. The van der Waals surface area contributed by atoms with E-state index in [0.29, 0.717) is 11.3 Å². The first-order valence-electron chi connectivity index (χ1n) is 8.81. The molecule has 11 nitrogen and oxygen atoms in total. The van der Waals surface area contributed by atoms with Crippen molar-refractivity contribution >= 4 is 23.7 Å². The Morgan fingerprint density at radius 3 is 2.30 bits per heavy atom. The molecule has 0 aliphatic rings. The Balaban J connectivity index is 1.88. The van der Waals surface area contributed by atoms with Gasteiger partial charge in [0.1, 0.15) is 24.4 Å². The zero-order valence-electron chi connectivity index (χ0n) is 15.7.